The molecule has 1 aliphatic rings. The zero-order valence-electron chi connectivity index (χ0n) is 15.7. The van der Waals surface area contributed by atoms with Crippen molar-refractivity contribution >= 4 is 17.7 Å². The smallest absolute Gasteiger partial charge is 0.410 e. The molecule has 0 saturated carbocycles. The van der Waals surface area contributed by atoms with Crippen LogP contribution in [0.4, 0.5) is 4.79 Å². The van der Waals surface area contributed by atoms with Crippen LogP contribution >= 0.6 is 11.6 Å². The molecule has 0 spiro atoms. The minimum absolute atomic E-state index is 0.0130. The molecule has 0 aromatic carbocycles. The van der Waals surface area contributed by atoms with E-state index in [-0.39, 0.29) is 22.6 Å². The normalized spacial score (nSPS) is 15.6. The lowest BCUT2D eigenvalue weighted by atomic mass is 9.93. The molecule has 0 aliphatic carbocycles. The van der Waals surface area contributed by atoms with Gasteiger partial charge in [-0.3, -0.25) is 9.78 Å². The van der Waals surface area contributed by atoms with E-state index >= 15 is 0 Å². The molecule has 0 bridgehead atoms. The number of likely N-dealkylation sites (tertiary alicyclic amines) is 1. The summed E-state index contributed by atoms with van der Waals surface area (Å²) < 4.78 is 5.42. The maximum atomic E-state index is 12.3. The van der Waals surface area contributed by atoms with E-state index < -0.39 is 5.60 Å². The van der Waals surface area contributed by atoms with E-state index in [0.717, 1.165) is 5.56 Å². The van der Waals surface area contributed by atoms with Gasteiger partial charge in [0.25, 0.3) is 5.56 Å². The number of nitrogens with zero attached hydrogens (tertiary/aromatic N) is 3. The molecular formula is C19H23ClN4O3. The lowest BCUT2D eigenvalue weighted by molar-refractivity contribution is 0.0204. The summed E-state index contributed by atoms with van der Waals surface area (Å²) in [5, 5.41) is 0.114. The number of amides is 1. The minimum Gasteiger partial charge on any atom is -0.444 e. The van der Waals surface area contributed by atoms with Crippen LogP contribution in [0.1, 0.15) is 45.2 Å². The van der Waals surface area contributed by atoms with Gasteiger partial charge in [0.2, 0.25) is 0 Å². The van der Waals surface area contributed by atoms with Crippen LogP contribution in [0.5, 0.6) is 0 Å². The van der Waals surface area contributed by atoms with E-state index in [2.05, 4.69) is 15.0 Å². The van der Waals surface area contributed by atoms with Gasteiger partial charge in [0.15, 0.2) is 0 Å². The van der Waals surface area contributed by atoms with Crippen molar-refractivity contribution in [2.24, 2.45) is 0 Å². The number of H-pyrrole nitrogens is 1. The molecule has 1 fully saturated rings. The number of hydrogen-bond donors (Lipinski definition) is 1. The van der Waals surface area contributed by atoms with Crippen LogP contribution in [0, 0.1) is 0 Å². The predicted octanol–water partition coefficient (Wildman–Crippen LogP) is 3.60. The Hall–Kier alpha value is -2.41. The number of halogens is 1. The lowest BCUT2D eigenvalue weighted by Gasteiger charge is -2.33. The van der Waals surface area contributed by atoms with Gasteiger partial charge in [-0.05, 0) is 45.7 Å². The first-order valence-electron chi connectivity index (χ1n) is 8.92. The molecule has 1 N–H and O–H groups in total. The number of rotatable bonds is 2. The molecule has 3 rings (SSSR count). The van der Waals surface area contributed by atoms with Crippen LogP contribution in [0.2, 0.25) is 5.02 Å². The van der Waals surface area contributed by atoms with E-state index in [1.165, 1.54) is 0 Å². The van der Waals surface area contributed by atoms with Crippen LogP contribution < -0.4 is 5.56 Å². The number of nitrogens with one attached hydrogen (secondary N) is 1. The highest BCUT2D eigenvalue weighted by Gasteiger charge is 2.29. The first kappa shape index (κ1) is 19.4. The fourth-order valence-electron chi connectivity index (χ4n) is 3.06. The molecule has 2 aromatic rings. The third kappa shape index (κ3) is 4.66. The summed E-state index contributed by atoms with van der Waals surface area (Å²) in [7, 11) is 0. The van der Waals surface area contributed by atoms with Crippen LogP contribution in [-0.2, 0) is 4.74 Å². The highest BCUT2D eigenvalue weighted by molar-refractivity contribution is 6.31. The van der Waals surface area contributed by atoms with E-state index in [0.29, 0.717) is 37.4 Å². The molecule has 1 amide bonds. The largest absolute Gasteiger partial charge is 0.444 e. The van der Waals surface area contributed by atoms with Gasteiger partial charge in [-0.1, -0.05) is 11.6 Å². The van der Waals surface area contributed by atoms with Crippen LogP contribution in [0.25, 0.3) is 11.4 Å². The van der Waals surface area contributed by atoms with Gasteiger partial charge in [-0.15, -0.1) is 0 Å². The number of hydrogen-bond acceptors (Lipinski definition) is 5. The molecule has 1 saturated heterocycles. The number of carbonyl (C=O) groups is 1. The molecule has 0 radical (unpaired) electrons. The van der Waals surface area contributed by atoms with Gasteiger partial charge in [-0.2, -0.15) is 0 Å². The Balaban J connectivity index is 1.77. The van der Waals surface area contributed by atoms with Crippen molar-refractivity contribution in [2.45, 2.75) is 45.1 Å². The lowest BCUT2D eigenvalue weighted by Crippen LogP contribution is -2.41. The van der Waals surface area contributed by atoms with E-state index in [4.69, 9.17) is 16.3 Å². The monoisotopic (exact) mass is 390 g/mol. The van der Waals surface area contributed by atoms with Gasteiger partial charge < -0.3 is 14.6 Å². The Morgan fingerprint density at radius 2 is 1.89 bits per heavy atom. The Morgan fingerprint density at radius 1 is 1.26 bits per heavy atom. The Kier molecular flexibility index (Phi) is 5.51. The van der Waals surface area contributed by atoms with E-state index in [9.17, 15) is 9.59 Å². The summed E-state index contributed by atoms with van der Waals surface area (Å²) in [4.78, 5) is 37.5. The molecular weight excluding hydrogens is 368 g/mol. The van der Waals surface area contributed by atoms with Crippen molar-refractivity contribution in [3.8, 4) is 11.4 Å². The topological polar surface area (TPSA) is 88.2 Å². The van der Waals surface area contributed by atoms with Crippen LogP contribution in [-0.4, -0.2) is 44.6 Å². The fourth-order valence-corrected chi connectivity index (χ4v) is 3.30. The van der Waals surface area contributed by atoms with Crippen LogP contribution in [0.15, 0.2) is 29.3 Å². The maximum Gasteiger partial charge on any atom is 0.410 e. The first-order chi connectivity index (χ1) is 12.7. The number of carbonyl (C=O) groups excluding carboxylic acids is 1. The van der Waals surface area contributed by atoms with Crippen molar-refractivity contribution in [3.05, 3.63) is 45.6 Å². The first-order valence-corrected chi connectivity index (χ1v) is 9.30. The Labute approximate surface area is 162 Å². The van der Waals surface area contributed by atoms with Gasteiger partial charge >= 0.3 is 6.09 Å². The second-order valence-electron chi connectivity index (χ2n) is 7.59. The predicted molar refractivity (Wildman–Crippen MR) is 103 cm³/mol. The van der Waals surface area contributed by atoms with Crippen molar-refractivity contribution < 1.29 is 9.53 Å². The highest BCUT2D eigenvalue weighted by Crippen LogP contribution is 2.31. The summed E-state index contributed by atoms with van der Waals surface area (Å²) in [5.41, 5.74) is 0.468. The third-order valence-electron chi connectivity index (χ3n) is 4.38. The minimum atomic E-state index is -0.523. The maximum absolute atomic E-state index is 12.3. The average molecular weight is 391 g/mol. The van der Waals surface area contributed by atoms with Crippen molar-refractivity contribution in [1.82, 2.24) is 19.9 Å². The summed E-state index contributed by atoms with van der Waals surface area (Å²) >= 11 is 6.25. The zero-order chi connectivity index (χ0) is 19.6. The van der Waals surface area contributed by atoms with Crippen LogP contribution in [0.3, 0.4) is 0 Å². The molecule has 1 aliphatic heterocycles. The molecule has 7 nitrogen and oxygen atoms in total. The van der Waals surface area contributed by atoms with Crippen molar-refractivity contribution in [1.29, 1.82) is 0 Å². The Bertz CT molecular complexity index is 869. The van der Waals surface area contributed by atoms with Gasteiger partial charge in [0.05, 0.1) is 5.69 Å². The SMILES string of the molecule is CC(C)(C)OC(=O)N1CCC(c2nc(-c3ccncc3)[nH]c(=O)c2Cl)CC1. The average Bonchev–Trinajstić information content (AvgIpc) is 2.63. The summed E-state index contributed by atoms with van der Waals surface area (Å²) in [6.45, 7) is 6.61. The highest BCUT2D eigenvalue weighted by atomic mass is 35.5. The molecule has 2 aromatic heterocycles. The second-order valence-corrected chi connectivity index (χ2v) is 7.97. The molecule has 0 atom stereocenters. The second kappa shape index (κ2) is 7.68. The van der Waals surface area contributed by atoms with Gasteiger partial charge in [0, 0.05) is 37.0 Å². The summed E-state index contributed by atoms with van der Waals surface area (Å²) in [6, 6.07) is 3.56. The molecule has 8 heteroatoms. The fraction of sp³-hybridized carbons (Fsp3) is 0.474. The third-order valence-corrected chi connectivity index (χ3v) is 4.74. The standard InChI is InChI=1S/C19H23ClN4O3/c1-19(2,3)27-18(26)24-10-6-12(7-11-24)15-14(20)17(25)23-16(22-15)13-4-8-21-9-5-13/h4-5,8-9,12H,6-7,10-11H2,1-3H3,(H,22,23,25). The number of aromatic amines is 1. The number of ether oxygens (including phenoxy) is 1. The number of aromatic nitrogens is 3. The molecule has 3 heterocycles. The molecule has 144 valence electrons. The van der Waals surface area contributed by atoms with Crippen molar-refractivity contribution in [2.75, 3.05) is 13.1 Å². The molecule has 27 heavy (non-hydrogen) atoms. The van der Waals surface area contributed by atoms with Gasteiger partial charge in [-0.25, -0.2) is 9.78 Å². The van der Waals surface area contributed by atoms with Gasteiger partial charge in [0.1, 0.15) is 16.4 Å². The number of piperidine rings is 1. The van der Waals surface area contributed by atoms with Crippen molar-refractivity contribution in [3.63, 3.8) is 0 Å². The van der Waals surface area contributed by atoms with E-state index in [1.54, 1.807) is 29.4 Å². The zero-order valence-corrected chi connectivity index (χ0v) is 16.4. The molecule has 0 unspecified atom stereocenters. The summed E-state index contributed by atoms with van der Waals surface area (Å²) in [5.74, 6) is 0.482. The quantitative estimate of drug-likeness (QED) is 0.846. The Morgan fingerprint density at radius 3 is 2.48 bits per heavy atom. The van der Waals surface area contributed by atoms with E-state index in [1.807, 2.05) is 20.8 Å². The number of pyridine rings is 1. The summed E-state index contributed by atoms with van der Waals surface area (Å²) in [6.07, 6.45) is 4.31.